The molecular weight excluding hydrogens is 232 g/mol. The zero-order chi connectivity index (χ0) is 14.0. The number of H-pyrrole nitrogens is 1. The van der Waals surface area contributed by atoms with Gasteiger partial charge >= 0.3 is 5.97 Å². The zero-order valence-electron chi connectivity index (χ0n) is 11.4. The molecule has 1 aromatic heterocycles. The summed E-state index contributed by atoms with van der Waals surface area (Å²) >= 11 is 0. The lowest BCUT2D eigenvalue weighted by Gasteiger charge is -2.17. The second-order valence-electron chi connectivity index (χ2n) is 4.94. The van der Waals surface area contributed by atoms with Gasteiger partial charge in [0.25, 0.3) is 5.91 Å². The maximum absolute atomic E-state index is 12.1. The number of amides is 1. The van der Waals surface area contributed by atoms with Crippen LogP contribution in [0.2, 0.25) is 0 Å². The van der Waals surface area contributed by atoms with E-state index in [4.69, 9.17) is 5.11 Å². The molecule has 1 heterocycles. The van der Waals surface area contributed by atoms with Crippen LogP contribution in [-0.4, -0.2) is 28.0 Å². The van der Waals surface area contributed by atoms with Crippen LogP contribution in [0, 0.1) is 19.8 Å². The average Bonchev–Trinajstić information content (AvgIpc) is 2.53. The Morgan fingerprint density at radius 3 is 2.17 bits per heavy atom. The van der Waals surface area contributed by atoms with Gasteiger partial charge in [-0.1, -0.05) is 13.8 Å². The molecule has 0 spiro atoms. The molecule has 100 valence electrons. The van der Waals surface area contributed by atoms with E-state index in [1.54, 1.807) is 13.8 Å². The number of aromatic carboxylic acids is 1. The monoisotopic (exact) mass is 252 g/mol. The molecule has 18 heavy (non-hydrogen) atoms. The summed E-state index contributed by atoms with van der Waals surface area (Å²) in [6, 6.07) is 0.0412. The van der Waals surface area contributed by atoms with E-state index in [-0.39, 0.29) is 17.6 Å². The molecule has 1 unspecified atom stereocenters. The van der Waals surface area contributed by atoms with Gasteiger partial charge in [-0.15, -0.1) is 0 Å². The lowest BCUT2D eigenvalue weighted by Crippen LogP contribution is -2.36. The molecule has 0 fully saturated rings. The fraction of sp³-hybridized carbons (Fsp3) is 0.538. The van der Waals surface area contributed by atoms with E-state index in [1.165, 1.54) is 0 Å². The van der Waals surface area contributed by atoms with Crippen LogP contribution in [0.15, 0.2) is 0 Å². The number of aromatic nitrogens is 1. The summed E-state index contributed by atoms with van der Waals surface area (Å²) in [6.07, 6.45) is 0. The Balaban J connectivity index is 3.03. The number of carboxylic acid groups (broad SMARTS) is 1. The number of rotatable bonds is 4. The lowest BCUT2D eigenvalue weighted by atomic mass is 10.0. The van der Waals surface area contributed by atoms with Crippen molar-refractivity contribution in [3.8, 4) is 0 Å². The van der Waals surface area contributed by atoms with Gasteiger partial charge < -0.3 is 15.4 Å². The van der Waals surface area contributed by atoms with Gasteiger partial charge in [-0.2, -0.15) is 0 Å². The van der Waals surface area contributed by atoms with Crippen molar-refractivity contribution < 1.29 is 14.7 Å². The summed E-state index contributed by atoms with van der Waals surface area (Å²) < 4.78 is 0. The normalized spacial score (nSPS) is 12.6. The van der Waals surface area contributed by atoms with Gasteiger partial charge in [0.15, 0.2) is 0 Å². The highest BCUT2D eigenvalue weighted by molar-refractivity contribution is 6.00. The summed E-state index contributed by atoms with van der Waals surface area (Å²) in [6.45, 7) is 9.31. The van der Waals surface area contributed by atoms with Gasteiger partial charge in [-0.05, 0) is 32.3 Å². The second kappa shape index (κ2) is 5.25. The van der Waals surface area contributed by atoms with Crippen molar-refractivity contribution in [1.82, 2.24) is 10.3 Å². The summed E-state index contributed by atoms with van der Waals surface area (Å²) in [5.41, 5.74) is 1.57. The largest absolute Gasteiger partial charge is 0.477 e. The Labute approximate surface area is 107 Å². The maximum atomic E-state index is 12.1. The first-order valence-electron chi connectivity index (χ1n) is 5.99. The fourth-order valence-electron chi connectivity index (χ4n) is 1.75. The highest BCUT2D eigenvalue weighted by Gasteiger charge is 2.22. The number of hydrogen-bond donors (Lipinski definition) is 3. The molecule has 5 heteroatoms. The van der Waals surface area contributed by atoms with Gasteiger partial charge in [0.2, 0.25) is 0 Å². The Kier molecular flexibility index (Phi) is 4.16. The minimum atomic E-state index is -1.05. The van der Waals surface area contributed by atoms with Crippen LogP contribution in [0.5, 0.6) is 0 Å². The molecule has 3 N–H and O–H groups in total. The number of hydrogen-bond acceptors (Lipinski definition) is 2. The van der Waals surface area contributed by atoms with E-state index >= 15 is 0 Å². The van der Waals surface area contributed by atoms with Crippen LogP contribution < -0.4 is 5.32 Å². The van der Waals surface area contributed by atoms with Crippen molar-refractivity contribution in [3.05, 3.63) is 22.5 Å². The van der Waals surface area contributed by atoms with Crippen LogP contribution in [0.25, 0.3) is 0 Å². The smallest absolute Gasteiger partial charge is 0.352 e. The third-order valence-electron chi connectivity index (χ3n) is 3.24. The quantitative estimate of drug-likeness (QED) is 0.767. The van der Waals surface area contributed by atoms with Crippen LogP contribution in [0.3, 0.4) is 0 Å². The van der Waals surface area contributed by atoms with Gasteiger partial charge in [-0.3, -0.25) is 4.79 Å². The molecule has 0 radical (unpaired) electrons. The maximum Gasteiger partial charge on any atom is 0.352 e. The molecule has 5 nitrogen and oxygen atoms in total. The van der Waals surface area contributed by atoms with Gasteiger partial charge in [0, 0.05) is 11.7 Å². The number of aromatic amines is 1. The molecular formula is C13H20N2O3. The number of aryl methyl sites for hydroxylation is 1. The number of carbonyl (C=O) groups is 2. The molecule has 0 saturated carbocycles. The Morgan fingerprint density at radius 1 is 1.22 bits per heavy atom. The molecule has 0 aliphatic rings. The van der Waals surface area contributed by atoms with Crippen LogP contribution in [0.1, 0.15) is 52.9 Å². The first-order chi connectivity index (χ1) is 8.25. The summed E-state index contributed by atoms with van der Waals surface area (Å²) in [5, 5.41) is 11.9. The highest BCUT2D eigenvalue weighted by atomic mass is 16.4. The zero-order valence-corrected chi connectivity index (χ0v) is 11.4. The van der Waals surface area contributed by atoms with Crippen molar-refractivity contribution in [2.24, 2.45) is 5.92 Å². The molecule has 0 aromatic carbocycles. The fourth-order valence-corrected chi connectivity index (χ4v) is 1.75. The van der Waals surface area contributed by atoms with E-state index in [2.05, 4.69) is 10.3 Å². The molecule has 1 amide bonds. The average molecular weight is 252 g/mol. The lowest BCUT2D eigenvalue weighted by molar-refractivity contribution is 0.0690. The second-order valence-corrected chi connectivity index (χ2v) is 4.94. The molecule has 0 saturated heterocycles. The van der Waals surface area contributed by atoms with Crippen LogP contribution in [0.4, 0.5) is 0 Å². The number of nitrogens with one attached hydrogen (secondary N) is 2. The Hall–Kier alpha value is -1.78. The van der Waals surface area contributed by atoms with E-state index in [1.807, 2.05) is 20.8 Å². The third kappa shape index (κ3) is 2.72. The third-order valence-corrected chi connectivity index (χ3v) is 3.24. The summed E-state index contributed by atoms with van der Waals surface area (Å²) in [5.74, 6) is -0.950. The SMILES string of the molecule is Cc1[nH]c(C(=O)O)c(C)c1C(=O)NC(C)C(C)C. The van der Waals surface area contributed by atoms with Crippen LogP contribution in [-0.2, 0) is 0 Å². The van der Waals surface area contributed by atoms with Crippen molar-refractivity contribution in [1.29, 1.82) is 0 Å². The predicted molar refractivity (Wildman–Crippen MR) is 69.0 cm³/mol. The van der Waals surface area contributed by atoms with Gasteiger partial charge in [0.1, 0.15) is 5.69 Å². The summed E-state index contributed by atoms with van der Waals surface area (Å²) in [7, 11) is 0. The minimum absolute atomic E-state index is 0.0412. The van der Waals surface area contributed by atoms with Gasteiger partial charge in [-0.25, -0.2) is 4.79 Å². The Bertz CT molecular complexity index is 475. The van der Waals surface area contributed by atoms with Gasteiger partial charge in [0.05, 0.1) is 5.56 Å². The molecule has 1 rings (SSSR count). The number of carboxylic acids is 1. The van der Waals surface area contributed by atoms with Crippen molar-refractivity contribution in [2.75, 3.05) is 0 Å². The van der Waals surface area contributed by atoms with E-state index in [0.29, 0.717) is 22.7 Å². The Morgan fingerprint density at radius 2 is 1.78 bits per heavy atom. The molecule has 1 atom stereocenters. The van der Waals surface area contributed by atoms with E-state index in [0.717, 1.165) is 0 Å². The molecule has 1 aromatic rings. The van der Waals surface area contributed by atoms with Crippen LogP contribution >= 0.6 is 0 Å². The summed E-state index contributed by atoms with van der Waals surface area (Å²) in [4.78, 5) is 25.8. The molecule has 0 aliphatic carbocycles. The van der Waals surface area contributed by atoms with Crippen molar-refractivity contribution >= 4 is 11.9 Å². The first-order valence-corrected chi connectivity index (χ1v) is 5.99. The van der Waals surface area contributed by atoms with E-state index < -0.39 is 5.97 Å². The predicted octanol–water partition coefficient (Wildman–Crippen LogP) is 2.10. The number of carbonyl (C=O) groups excluding carboxylic acids is 1. The van der Waals surface area contributed by atoms with Crippen molar-refractivity contribution in [2.45, 2.75) is 40.7 Å². The topological polar surface area (TPSA) is 82.2 Å². The standard InChI is InChI=1S/C13H20N2O3/c1-6(2)8(4)15-12(16)10-7(3)11(13(17)18)14-9(10)5/h6,8,14H,1-5H3,(H,15,16)(H,17,18). The van der Waals surface area contributed by atoms with Crippen molar-refractivity contribution in [3.63, 3.8) is 0 Å². The minimum Gasteiger partial charge on any atom is -0.477 e. The molecule has 0 bridgehead atoms. The molecule has 0 aliphatic heterocycles. The van der Waals surface area contributed by atoms with E-state index in [9.17, 15) is 9.59 Å². The highest BCUT2D eigenvalue weighted by Crippen LogP contribution is 2.18. The first kappa shape index (κ1) is 14.3.